The third kappa shape index (κ3) is 4.30. The van der Waals surface area contributed by atoms with Crippen LogP contribution in [-0.4, -0.2) is 28.8 Å². The molecule has 0 heterocycles. The van der Waals surface area contributed by atoms with E-state index in [0.717, 1.165) is 29.7 Å². The van der Waals surface area contributed by atoms with E-state index < -0.39 is 17.2 Å². The standard InChI is InChI=1S/C30H33F3O3/c1-18(2)36-22-6-4-5-19(16-22)25-17-28(3)26(11-12-29(28,35)13-14-30(31,32)33)24-9-7-20-15-21(34)8-10-23(20)27(24)25/h4-6,15-16,18,24-26,35H,7-12,17H2,1-3H3/t24-,25+,26-,28-,29+/m0/s1. The first-order valence-corrected chi connectivity index (χ1v) is 13.0. The maximum atomic E-state index is 13.1. The number of fused-ring (bicyclic) bond motifs is 4. The van der Waals surface area contributed by atoms with Gasteiger partial charge in [0, 0.05) is 23.7 Å². The Kier molecular flexibility index (Phi) is 6.15. The second kappa shape index (κ2) is 8.80. The number of ketones is 1. The van der Waals surface area contributed by atoms with E-state index in [0.29, 0.717) is 25.7 Å². The molecule has 5 rings (SSSR count). The fourth-order valence-electron chi connectivity index (χ4n) is 7.42. The number of hydrogen-bond donors (Lipinski definition) is 1. The van der Waals surface area contributed by atoms with Crippen molar-refractivity contribution in [3.63, 3.8) is 0 Å². The summed E-state index contributed by atoms with van der Waals surface area (Å²) in [5, 5.41) is 11.6. The molecule has 0 radical (unpaired) electrons. The predicted molar refractivity (Wildman–Crippen MR) is 131 cm³/mol. The van der Waals surface area contributed by atoms with E-state index in [2.05, 4.69) is 5.92 Å². The summed E-state index contributed by atoms with van der Waals surface area (Å²) in [6.07, 6.45) is 1.35. The first kappa shape index (κ1) is 25.1. The van der Waals surface area contributed by atoms with E-state index >= 15 is 0 Å². The Morgan fingerprint density at radius 1 is 1.17 bits per heavy atom. The van der Waals surface area contributed by atoms with Gasteiger partial charge in [0.05, 0.1) is 6.10 Å². The minimum atomic E-state index is -4.65. The topological polar surface area (TPSA) is 46.5 Å². The number of allylic oxidation sites excluding steroid dienone is 4. The molecule has 1 N–H and O–H groups in total. The number of aliphatic hydroxyl groups is 1. The Morgan fingerprint density at radius 3 is 2.67 bits per heavy atom. The molecule has 0 unspecified atom stereocenters. The summed E-state index contributed by atoms with van der Waals surface area (Å²) in [6.45, 7) is 5.87. The number of carbonyl (C=O) groups is 1. The van der Waals surface area contributed by atoms with Crippen molar-refractivity contribution in [3.8, 4) is 17.6 Å². The van der Waals surface area contributed by atoms with E-state index in [1.54, 1.807) is 6.08 Å². The Balaban J connectivity index is 1.65. The largest absolute Gasteiger partial charge is 0.491 e. The van der Waals surface area contributed by atoms with Crippen molar-refractivity contribution >= 4 is 5.78 Å². The number of alkyl halides is 3. The van der Waals surface area contributed by atoms with Gasteiger partial charge in [0.25, 0.3) is 0 Å². The molecule has 1 aromatic rings. The van der Waals surface area contributed by atoms with E-state index in [-0.39, 0.29) is 36.1 Å². The SMILES string of the molecule is CC(C)Oc1cccc([C@H]2C[C@@]3(C)[C@@H](CC[C@@]3(O)C#CC(F)(F)F)[C@@H]3CCC4=CC(=O)CCC4=C32)c1. The molecule has 0 spiro atoms. The molecule has 0 aliphatic heterocycles. The second-order valence-electron chi connectivity index (χ2n) is 11.4. The number of rotatable bonds is 3. The van der Waals surface area contributed by atoms with Crippen molar-refractivity contribution in [1.29, 1.82) is 0 Å². The Labute approximate surface area is 210 Å². The summed E-state index contributed by atoms with van der Waals surface area (Å²) in [4.78, 5) is 12.2. The van der Waals surface area contributed by atoms with Gasteiger partial charge in [-0.3, -0.25) is 4.79 Å². The number of carbonyl (C=O) groups excluding carboxylic acids is 1. The van der Waals surface area contributed by atoms with Crippen LogP contribution in [-0.2, 0) is 4.79 Å². The first-order chi connectivity index (χ1) is 16.9. The highest BCUT2D eigenvalue weighted by atomic mass is 19.4. The molecule has 36 heavy (non-hydrogen) atoms. The molecule has 0 saturated heterocycles. The lowest BCUT2D eigenvalue weighted by atomic mass is 9.51. The monoisotopic (exact) mass is 498 g/mol. The van der Waals surface area contributed by atoms with Gasteiger partial charge in [0.1, 0.15) is 11.4 Å². The van der Waals surface area contributed by atoms with E-state index in [1.807, 2.05) is 45.0 Å². The maximum absolute atomic E-state index is 13.1. The van der Waals surface area contributed by atoms with Crippen LogP contribution >= 0.6 is 0 Å². The average Bonchev–Trinajstić information content (AvgIpc) is 3.07. The highest BCUT2D eigenvalue weighted by molar-refractivity contribution is 5.93. The molecule has 4 aliphatic carbocycles. The van der Waals surface area contributed by atoms with Crippen LogP contribution in [0, 0.1) is 29.1 Å². The van der Waals surface area contributed by atoms with Gasteiger partial charge in [0.2, 0.25) is 0 Å². The lowest BCUT2D eigenvalue weighted by Crippen LogP contribution is -2.51. The normalized spacial score (nSPS) is 33.8. The van der Waals surface area contributed by atoms with Crippen LogP contribution in [0.5, 0.6) is 5.75 Å². The summed E-state index contributed by atoms with van der Waals surface area (Å²) >= 11 is 0. The number of halogens is 3. The quantitative estimate of drug-likeness (QED) is 0.474. The molecule has 5 atom stereocenters. The third-order valence-electron chi connectivity index (χ3n) is 8.93. The van der Waals surface area contributed by atoms with E-state index in [1.165, 1.54) is 17.1 Å². The van der Waals surface area contributed by atoms with Crippen molar-refractivity contribution in [2.75, 3.05) is 0 Å². The minimum absolute atomic E-state index is 0.00872. The van der Waals surface area contributed by atoms with Gasteiger partial charge in [0.15, 0.2) is 5.78 Å². The molecular formula is C30H33F3O3. The molecule has 0 bridgehead atoms. The molecule has 0 amide bonds. The summed E-state index contributed by atoms with van der Waals surface area (Å²) < 4.78 is 45.2. The van der Waals surface area contributed by atoms with Gasteiger partial charge in [-0.15, -0.1) is 0 Å². The lowest BCUT2D eigenvalue weighted by Gasteiger charge is -2.53. The van der Waals surface area contributed by atoms with E-state index in [9.17, 15) is 23.1 Å². The number of hydrogen-bond acceptors (Lipinski definition) is 3. The summed E-state index contributed by atoms with van der Waals surface area (Å²) in [7, 11) is 0. The molecule has 2 saturated carbocycles. The average molecular weight is 499 g/mol. The van der Waals surface area contributed by atoms with Crippen LogP contribution in [0.25, 0.3) is 0 Å². The summed E-state index contributed by atoms with van der Waals surface area (Å²) in [5.41, 5.74) is 2.24. The van der Waals surface area contributed by atoms with Crippen LogP contribution in [0.2, 0.25) is 0 Å². The molecule has 1 aromatic carbocycles. The maximum Gasteiger partial charge on any atom is 0.457 e. The van der Waals surface area contributed by atoms with Crippen LogP contribution in [0.4, 0.5) is 13.2 Å². The third-order valence-corrected chi connectivity index (χ3v) is 8.93. The highest BCUT2D eigenvalue weighted by Gasteiger charge is 2.62. The van der Waals surface area contributed by atoms with Crippen molar-refractivity contribution in [1.82, 2.24) is 0 Å². The zero-order valence-corrected chi connectivity index (χ0v) is 21.0. The van der Waals surface area contributed by atoms with Crippen LogP contribution in [0.3, 0.4) is 0 Å². The van der Waals surface area contributed by atoms with Crippen molar-refractivity contribution in [3.05, 3.63) is 52.6 Å². The van der Waals surface area contributed by atoms with Crippen LogP contribution in [0.15, 0.2) is 47.1 Å². The molecule has 4 aliphatic rings. The Bertz CT molecular complexity index is 1200. The van der Waals surface area contributed by atoms with Gasteiger partial charge < -0.3 is 9.84 Å². The zero-order chi connectivity index (χ0) is 25.9. The zero-order valence-electron chi connectivity index (χ0n) is 21.0. The van der Waals surface area contributed by atoms with Gasteiger partial charge in [-0.2, -0.15) is 13.2 Å². The lowest BCUT2D eigenvalue weighted by molar-refractivity contribution is -0.114. The molecule has 192 valence electrons. The van der Waals surface area contributed by atoms with Crippen LogP contribution in [0.1, 0.15) is 77.2 Å². The number of benzene rings is 1. The van der Waals surface area contributed by atoms with Gasteiger partial charge in [-0.25, -0.2) is 0 Å². The smallest absolute Gasteiger partial charge is 0.457 e. The summed E-state index contributed by atoms with van der Waals surface area (Å²) in [5.74, 6) is 4.69. The van der Waals surface area contributed by atoms with Gasteiger partial charge in [-0.1, -0.05) is 30.6 Å². The fraction of sp³-hybridized carbons (Fsp3) is 0.567. The minimum Gasteiger partial charge on any atom is -0.491 e. The van der Waals surface area contributed by atoms with E-state index in [4.69, 9.17) is 4.74 Å². The predicted octanol–water partition coefficient (Wildman–Crippen LogP) is 6.67. The van der Waals surface area contributed by atoms with Crippen molar-refractivity contribution < 1.29 is 27.8 Å². The van der Waals surface area contributed by atoms with Crippen molar-refractivity contribution in [2.45, 2.75) is 89.5 Å². The molecule has 2 fully saturated rings. The second-order valence-corrected chi connectivity index (χ2v) is 11.4. The molecule has 0 aromatic heterocycles. The highest BCUT2D eigenvalue weighted by Crippen LogP contribution is 2.66. The van der Waals surface area contributed by atoms with Crippen molar-refractivity contribution in [2.24, 2.45) is 17.3 Å². The fourth-order valence-corrected chi connectivity index (χ4v) is 7.42. The Hall–Kier alpha value is -2.52. The molecule has 6 heteroatoms. The summed E-state index contributed by atoms with van der Waals surface area (Å²) in [6, 6.07) is 7.95. The Morgan fingerprint density at radius 2 is 1.94 bits per heavy atom. The van der Waals surface area contributed by atoms with Gasteiger partial charge >= 0.3 is 6.18 Å². The first-order valence-electron chi connectivity index (χ1n) is 13.0. The number of ether oxygens (including phenoxy) is 1. The molecule has 3 nitrogen and oxygen atoms in total. The van der Waals surface area contributed by atoms with Gasteiger partial charge in [-0.05, 0) is 99.1 Å². The van der Waals surface area contributed by atoms with Crippen LogP contribution < -0.4 is 4.74 Å². The molecular weight excluding hydrogens is 465 g/mol.